The summed E-state index contributed by atoms with van der Waals surface area (Å²) in [6, 6.07) is 1.00. The summed E-state index contributed by atoms with van der Waals surface area (Å²) in [6.45, 7) is 47.8. The van der Waals surface area contributed by atoms with Crippen LogP contribution in [-0.2, 0) is 0 Å². The predicted molar refractivity (Wildman–Crippen MR) is 162 cm³/mol. The fourth-order valence-corrected chi connectivity index (χ4v) is 6.19. The topological polar surface area (TPSA) is 48.1 Å². The first kappa shape index (κ1) is 33.9. The van der Waals surface area contributed by atoms with Crippen LogP contribution in [0.1, 0.15) is 138 Å². The number of hydrogen-bond acceptors (Lipinski definition) is 4. The van der Waals surface area contributed by atoms with E-state index < -0.39 is 0 Å². The Morgan fingerprint density at radius 1 is 0.306 bits per heavy atom. The molecule has 1 aliphatic rings. The third kappa shape index (κ3) is 7.48. The molecule has 0 spiro atoms. The van der Waals surface area contributed by atoms with Gasteiger partial charge in [0.2, 0.25) is 0 Å². The van der Waals surface area contributed by atoms with E-state index in [4.69, 9.17) is 0 Å². The highest BCUT2D eigenvalue weighted by molar-refractivity contribution is 5.20. The molecule has 0 aromatic carbocycles. The van der Waals surface area contributed by atoms with Crippen LogP contribution < -0.4 is 21.3 Å². The van der Waals surface area contributed by atoms with E-state index in [9.17, 15) is 0 Å². The maximum Gasteiger partial charge on any atom is 0.0288 e. The number of rotatable bonds is 4. The molecule has 1 aliphatic carbocycles. The predicted octanol–water partition coefficient (Wildman–Crippen LogP) is 7.13. The lowest BCUT2D eigenvalue weighted by Gasteiger charge is -2.67. The molecule has 0 bridgehead atoms. The molecule has 0 saturated heterocycles. The van der Waals surface area contributed by atoms with Crippen molar-refractivity contribution in [2.45, 2.75) is 185 Å². The molecular weight excluding hydrogens is 440 g/mol. The third-order valence-electron chi connectivity index (χ3n) is 9.45. The molecule has 0 radical (unpaired) electrons. The van der Waals surface area contributed by atoms with Crippen LogP contribution in [0.4, 0.5) is 0 Å². The van der Waals surface area contributed by atoms with Crippen LogP contribution in [0.3, 0.4) is 0 Å². The summed E-state index contributed by atoms with van der Waals surface area (Å²) in [4.78, 5) is 0. The number of nitrogens with one attached hydrogen (secondary N) is 4. The third-order valence-corrected chi connectivity index (χ3v) is 9.45. The van der Waals surface area contributed by atoms with Gasteiger partial charge in [0.05, 0.1) is 0 Å². The Balaban J connectivity index is 4.16. The molecule has 0 amide bonds. The van der Waals surface area contributed by atoms with Gasteiger partial charge in [-0.25, -0.2) is 0 Å². The van der Waals surface area contributed by atoms with Crippen LogP contribution in [0.2, 0.25) is 0 Å². The highest BCUT2D eigenvalue weighted by Crippen LogP contribution is 2.57. The summed E-state index contributed by atoms with van der Waals surface area (Å²) in [5, 5.41) is 16.7. The number of hydrogen-bond donors (Lipinski definition) is 4. The van der Waals surface area contributed by atoms with Gasteiger partial charge in [-0.1, -0.05) is 55.4 Å². The van der Waals surface area contributed by atoms with Gasteiger partial charge in [0.25, 0.3) is 0 Å². The zero-order chi connectivity index (χ0) is 29.1. The molecule has 216 valence electrons. The Bertz CT molecular complexity index is 604. The summed E-state index contributed by atoms with van der Waals surface area (Å²) in [7, 11) is 0. The van der Waals surface area contributed by atoms with Crippen molar-refractivity contribution in [1.29, 1.82) is 0 Å². The Hall–Kier alpha value is -0.160. The van der Waals surface area contributed by atoms with Gasteiger partial charge in [-0.05, 0) is 105 Å². The molecule has 1 fully saturated rings. The van der Waals surface area contributed by atoms with Crippen LogP contribution in [-0.4, -0.2) is 46.3 Å². The Kier molecular flexibility index (Phi) is 9.21. The maximum absolute atomic E-state index is 4.17. The summed E-state index contributed by atoms with van der Waals surface area (Å²) >= 11 is 0. The monoisotopic (exact) mass is 509 g/mol. The summed E-state index contributed by atoms with van der Waals surface area (Å²) < 4.78 is 0. The Morgan fingerprint density at radius 2 is 0.417 bits per heavy atom. The molecule has 1 rings (SSSR count). The molecule has 0 aromatic rings. The lowest BCUT2D eigenvalue weighted by atomic mass is 9.46. The summed E-state index contributed by atoms with van der Waals surface area (Å²) in [5.74, 6) is 0. The smallest absolute Gasteiger partial charge is 0.0288 e. The van der Waals surface area contributed by atoms with Crippen molar-refractivity contribution in [3.05, 3.63) is 0 Å². The molecule has 0 aromatic heterocycles. The quantitative estimate of drug-likeness (QED) is 0.326. The maximum atomic E-state index is 4.17. The van der Waals surface area contributed by atoms with Gasteiger partial charge in [-0.15, -0.1) is 0 Å². The van der Waals surface area contributed by atoms with E-state index in [-0.39, 0.29) is 68.0 Å². The fourth-order valence-electron chi connectivity index (χ4n) is 6.19. The molecule has 4 atom stereocenters. The van der Waals surface area contributed by atoms with Gasteiger partial charge < -0.3 is 21.3 Å². The molecule has 1 saturated carbocycles. The van der Waals surface area contributed by atoms with Gasteiger partial charge in [0, 0.05) is 46.3 Å². The van der Waals surface area contributed by atoms with E-state index in [0.29, 0.717) is 0 Å². The van der Waals surface area contributed by atoms with Crippen molar-refractivity contribution in [2.24, 2.45) is 21.7 Å². The Labute approximate surface area is 227 Å². The van der Waals surface area contributed by atoms with Crippen LogP contribution in [0.15, 0.2) is 0 Å². The molecule has 4 unspecified atom stereocenters. The highest BCUT2D eigenvalue weighted by atomic mass is 15.2. The lowest BCUT2D eigenvalue weighted by molar-refractivity contribution is -0.118. The normalized spacial score (nSPS) is 31.0. The van der Waals surface area contributed by atoms with E-state index in [0.717, 1.165) is 0 Å². The van der Waals surface area contributed by atoms with Gasteiger partial charge in [-0.3, -0.25) is 0 Å². The molecular formula is C32H68N4. The van der Waals surface area contributed by atoms with Crippen molar-refractivity contribution in [3.8, 4) is 0 Å². The van der Waals surface area contributed by atoms with Crippen LogP contribution in [0.25, 0.3) is 0 Å². The average Bonchev–Trinajstić information content (AvgIpc) is 2.56. The minimum Gasteiger partial charge on any atom is -0.307 e. The molecule has 4 heteroatoms. The van der Waals surface area contributed by atoms with Crippen LogP contribution in [0, 0.1) is 21.7 Å². The second kappa shape index (κ2) is 9.79. The molecule has 4 nitrogen and oxygen atoms in total. The minimum atomic E-state index is -0.0440. The second-order valence-corrected chi connectivity index (χ2v) is 18.4. The zero-order valence-corrected chi connectivity index (χ0v) is 28.3. The van der Waals surface area contributed by atoms with Crippen molar-refractivity contribution in [2.75, 3.05) is 0 Å². The standard InChI is InChI=1S/C32H68N4/c1-25(2,3)33-21-22(34-26(4,5)6)30(15,16)32(19,20)24(36-28(10,11)12)23(35-27(7,8)9)31(17,18)29(21,13)14/h21-24,33-36H,1-20H3. The average molecular weight is 509 g/mol. The lowest BCUT2D eigenvalue weighted by Crippen LogP contribution is -2.79. The van der Waals surface area contributed by atoms with E-state index in [1.807, 2.05) is 0 Å². The largest absolute Gasteiger partial charge is 0.307 e. The second-order valence-electron chi connectivity index (χ2n) is 18.4. The molecule has 4 N–H and O–H groups in total. The van der Waals surface area contributed by atoms with E-state index in [2.05, 4.69) is 160 Å². The van der Waals surface area contributed by atoms with E-state index >= 15 is 0 Å². The zero-order valence-electron chi connectivity index (χ0n) is 28.3. The van der Waals surface area contributed by atoms with Crippen molar-refractivity contribution < 1.29 is 0 Å². The van der Waals surface area contributed by atoms with Gasteiger partial charge in [0.15, 0.2) is 0 Å². The SMILES string of the molecule is CC(C)(C)NC1C(NC(C)(C)C)C(C)(C)C(C)(C)C(NC(C)(C)C)C(NC(C)(C)C)C(C)(C)C1(C)C. The van der Waals surface area contributed by atoms with Crippen molar-refractivity contribution in [3.63, 3.8) is 0 Å². The highest BCUT2D eigenvalue weighted by Gasteiger charge is 2.63. The van der Waals surface area contributed by atoms with Gasteiger partial charge >= 0.3 is 0 Å². The van der Waals surface area contributed by atoms with Crippen molar-refractivity contribution in [1.82, 2.24) is 21.3 Å². The summed E-state index contributed by atoms with van der Waals surface area (Å²) in [5.41, 5.74) is -0.210. The first-order valence-corrected chi connectivity index (χ1v) is 14.5. The van der Waals surface area contributed by atoms with Crippen LogP contribution in [0.5, 0.6) is 0 Å². The first-order valence-electron chi connectivity index (χ1n) is 14.5. The first-order chi connectivity index (χ1) is 15.4. The van der Waals surface area contributed by atoms with Crippen molar-refractivity contribution >= 4 is 0 Å². The fraction of sp³-hybridized carbons (Fsp3) is 1.00. The van der Waals surface area contributed by atoms with E-state index in [1.54, 1.807) is 0 Å². The van der Waals surface area contributed by atoms with E-state index in [1.165, 1.54) is 0 Å². The van der Waals surface area contributed by atoms with Crippen LogP contribution >= 0.6 is 0 Å². The van der Waals surface area contributed by atoms with Gasteiger partial charge in [0.1, 0.15) is 0 Å². The summed E-state index contributed by atoms with van der Waals surface area (Å²) in [6.07, 6.45) is 0. The molecule has 0 heterocycles. The van der Waals surface area contributed by atoms with Gasteiger partial charge in [-0.2, -0.15) is 0 Å². The minimum absolute atomic E-state index is 0.00867. The molecule has 36 heavy (non-hydrogen) atoms. The Morgan fingerprint density at radius 3 is 0.500 bits per heavy atom. The molecule has 0 aliphatic heterocycles.